The first-order valence-corrected chi connectivity index (χ1v) is 14.3. The molecule has 2 heterocycles. The van der Waals surface area contributed by atoms with E-state index >= 15 is 0 Å². The number of hydrogen-bond donors (Lipinski definition) is 6. The lowest BCUT2D eigenvalue weighted by atomic mass is 9.95. The summed E-state index contributed by atoms with van der Waals surface area (Å²) in [5, 5.41) is 28.8. The van der Waals surface area contributed by atoms with Crippen LogP contribution in [0.25, 0.3) is 0 Å². The summed E-state index contributed by atoms with van der Waals surface area (Å²) in [4.78, 5) is 44.9. The highest BCUT2D eigenvalue weighted by molar-refractivity contribution is 7.64. The summed E-state index contributed by atoms with van der Waals surface area (Å²) in [6.07, 6.45) is -0.589. The van der Waals surface area contributed by atoms with Crippen molar-refractivity contribution in [1.82, 2.24) is 9.55 Å². The Hall–Kier alpha value is -1.16. The number of aromatic amines is 1. The quantitative estimate of drug-likeness (QED) is 0.129. The third-order valence-corrected chi connectivity index (χ3v) is 9.03. The first-order chi connectivity index (χ1) is 16.3. The molecule has 1 saturated heterocycles. The maximum atomic E-state index is 12.4. The van der Waals surface area contributed by atoms with Crippen molar-refractivity contribution in [1.29, 1.82) is 0 Å². The van der Waals surface area contributed by atoms with Crippen LogP contribution in [0.3, 0.4) is 0 Å². The number of H-pyrrole nitrogens is 1. The number of nitrogens with zero attached hydrogens (tertiary/aromatic N) is 1. The van der Waals surface area contributed by atoms with Crippen LogP contribution in [0.1, 0.15) is 49.8 Å². The monoisotopic (exact) mass is 565 g/mol. The third kappa shape index (κ3) is 7.21. The van der Waals surface area contributed by atoms with E-state index in [1.54, 1.807) is 0 Å². The van der Waals surface area contributed by atoms with Gasteiger partial charge in [-0.05, 0) is 17.2 Å². The lowest BCUT2D eigenvalue weighted by molar-refractivity contribution is -0.157. The molecule has 3 unspecified atom stereocenters. The largest absolute Gasteiger partial charge is 0.708 e. The van der Waals surface area contributed by atoms with Gasteiger partial charge in [0.1, 0.15) is 31.0 Å². The van der Waals surface area contributed by atoms with Gasteiger partial charge in [0.2, 0.25) is 0 Å². The van der Waals surface area contributed by atoms with Gasteiger partial charge in [-0.2, -0.15) is 4.31 Å². The summed E-state index contributed by atoms with van der Waals surface area (Å²) in [7, 11) is -14.4. The maximum Gasteiger partial charge on any atom is 0.708 e. The number of hydrogen-bond acceptors (Lipinski definition) is 13. The van der Waals surface area contributed by atoms with Crippen LogP contribution in [0.4, 0.5) is 0 Å². The molecule has 0 amide bonds. The minimum absolute atomic E-state index is 0.138. The summed E-state index contributed by atoms with van der Waals surface area (Å²) >= 11 is 0. The predicted molar refractivity (Wildman–Crippen MR) is 112 cm³/mol. The minimum atomic E-state index is -5.50. The van der Waals surface area contributed by atoms with Gasteiger partial charge in [-0.3, -0.25) is 19.2 Å². The summed E-state index contributed by atoms with van der Waals surface area (Å²) < 4.78 is 56.2. The molecule has 0 bridgehead atoms. The van der Waals surface area contributed by atoms with Crippen LogP contribution < -0.4 is 11.2 Å². The minimum Gasteiger partial charge on any atom is -0.387 e. The van der Waals surface area contributed by atoms with E-state index in [9.17, 15) is 38.4 Å². The molecule has 3 rings (SSSR count). The highest BCUT2D eigenvalue weighted by atomic mass is 31.3. The van der Waals surface area contributed by atoms with Gasteiger partial charge >= 0.3 is 29.6 Å². The first kappa shape index (κ1) is 28.4. The van der Waals surface area contributed by atoms with Crippen molar-refractivity contribution in [3.63, 3.8) is 0 Å². The molecule has 0 spiro atoms. The number of ether oxygens (including phenoxy) is 1. The molecule has 1 saturated carbocycles. The lowest BCUT2D eigenvalue weighted by Crippen LogP contribution is -2.37. The Labute approximate surface area is 197 Å². The maximum absolute atomic E-state index is 12.4. The molecule has 1 aromatic heterocycles. The van der Waals surface area contributed by atoms with Crippen molar-refractivity contribution in [2.24, 2.45) is 0 Å². The van der Waals surface area contributed by atoms with Crippen LogP contribution in [-0.4, -0.2) is 59.7 Å². The smallest absolute Gasteiger partial charge is 0.387 e. The first-order valence-electron chi connectivity index (χ1n) is 10.2. The molecule has 35 heavy (non-hydrogen) atoms. The molecule has 17 nitrogen and oxygen atoms in total. The number of aliphatic hydroxyl groups excluding tert-OH is 2. The molecule has 198 valence electrons. The van der Waals surface area contributed by atoms with Crippen molar-refractivity contribution in [3.8, 4) is 0 Å². The van der Waals surface area contributed by atoms with Gasteiger partial charge in [-0.25, -0.2) is 19.2 Å². The number of nitrogens with one attached hydrogen (secondary N) is 1. The molecule has 1 aromatic rings. The van der Waals surface area contributed by atoms with Crippen molar-refractivity contribution in [2.75, 3.05) is 6.61 Å². The molecule has 6 N–H and O–H groups in total. The Balaban J connectivity index is 1.67. The van der Waals surface area contributed by atoms with Crippen molar-refractivity contribution in [3.05, 3.63) is 32.6 Å². The Bertz CT molecular complexity index is 1130. The Morgan fingerprint density at radius 2 is 1.77 bits per heavy atom. The van der Waals surface area contributed by atoms with Gasteiger partial charge in [0.15, 0.2) is 0 Å². The van der Waals surface area contributed by atoms with Gasteiger partial charge in [0, 0.05) is 16.8 Å². The molecule has 0 aromatic carbocycles. The fourth-order valence-corrected chi connectivity index (χ4v) is 6.56. The number of aliphatic hydroxyl groups is 2. The second-order valence-electron chi connectivity index (χ2n) is 7.82. The molecule has 0 radical (unpaired) electrons. The Kier molecular flexibility index (Phi) is 9.32. The summed E-state index contributed by atoms with van der Waals surface area (Å²) in [6.45, 7) is -0.794. The molecule has 20 heteroatoms. The summed E-state index contributed by atoms with van der Waals surface area (Å²) in [6, 6.07) is -0.155. The summed E-state index contributed by atoms with van der Waals surface area (Å²) in [5.74, 6) is 0. The number of aromatic nitrogens is 2. The standard InChI is InChI=1S/C15H23N2O15P3/c18-11-10(7-28-33(23)31-35(26,27)32-34(24,25)30-22)29-13(12(11)19)9-6-17(15(21)16-14(9)20)8-4-2-1-3-5-8/h6,8,10-13,18-19H,1-5,7H2,(H3-,16,20,21,22,24,25,26,27)/p+1/t10-,11-,12-,13+/m1/s1. The van der Waals surface area contributed by atoms with Crippen LogP contribution in [0.15, 0.2) is 15.8 Å². The molecular formula is C15H24N2O15P3+. The second-order valence-corrected chi connectivity index (χ2v) is 11.9. The van der Waals surface area contributed by atoms with Crippen molar-refractivity contribution in [2.45, 2.75) is 62.6 Å². The van der Waals surface area contributed by atoms with E-state index < -0.39 is 66.2 Å². The van der Waals surface area contributed by atoms with Crippen molar-refractivity contribution >= 4 is 23.9 Å². The zero-order chi connectivity index (χ0) is 26.0. The van der Waals surface area contributed by atoms with Crippen LogP contribution >= 0.6 is 23.9 Å². The summed E-state index contributed by atoms with van der Waals surface area (Å²) in [5.41, 5.74) is -1.60. The Morgan fingerprint density at radius 3 is 2.40 bits per heavy atom. The SMILES string of the molecule is O=c1[nH]c(=O)n(C2CCCCC2)cc1[C@@H]1O[C@H](CO[P+](=O)OP(=O)(O)OP(=O)(O)OO)[C@@H](O)[C@H]1O. The average molecular weight is 565 g/mol. The van der Waals surface area contributed by atoms with Gasteiger partial charge < -0.3 is 19.8 Å². The number of phosphoric acid groups is 2. The molecule has 2 fully saturated rings. The zero-order valence-corrected chi connectivity index (χ0v) is 20.5. The fourth-order valence-electron chi connectivity index (χ4n) is 3.88. The van der Waals surface area contributed by atoms with Crippen LogP contribution in [0.5, 0.6) is 0 Å². The molecule has 1 aliphatic heterocycles. The van der Waals surface area contributed by atoms with Gasteiger partial charge in [-0.15, -0.1) is 9.20 Å². The highest BCUT2D eigenvalue weighted by Gasteiger charge is 2.48. The van der Waals surface area contributed by atoms with Crippen LogP contribution in [0.2, 0.25) is 0 Å². The molecule has 7 atom stereocenters. The van der Waals surface area contributed by atoms with Crippen molar-refractivity contribution < 1.29 is 61.5 Å². The molecular weight excluding hydrogens is 541 g/mol. The van der Waals surface area contributed by atoms with Gasteiger partial charge in [-0.1, -0.05) is 19.3 Å². The van der Waals surface area contributed by atoms with E-state index in [2.05, 4.69) is 22.8 Å². The van der Waals surface area contributed by atoms with Gasteiger partial charge in [0.25, 0.3) is 5.56 Å². The predicted octanol–water partition coefficient (Wildman–Crippen LogP) is 0.601. The van der Waals surface area contributed by atoms with Gasteiger partial charge in [0.05, 0.1) is 5.56 Å². The normalized spacial score (nSPS) is 29.5. The molecule has 1 aliphatic carbocycles. The zero-order valence-electron chi connectivity index (χ0n) is 17.8. The van der Waals surface area contributed by atoms with E-state index in [1.165, 1.54) is 10.8 Å². The Morgan fingerprint density at radius 1 is 1.11 bits per heavy atom. The molecule has 2 aliphatic rings. The van der Waals surface area contributed by atoms with Crippen LogP contribution in [0, 0.1) is 0 Å². The third-order valence-electron chi connectivity index (χ3n) is 5.46. The van der Waals surface area contributed by atoms with Crippen LogP contribution in [-0.2, 0) is 36.3 Å². The van der Waals surface area contributed by atoms with E-state index in [0.717, 1.165) is 32.1 Å². The van der Waals surface area contributed by atoms with E-state index in [0.29, 0.717) is 0 Å². The average Bonchev–Trinajstić information content (AvgIpc) is 3.06. The number of rotatable bonds is 10. The highest BCUT2D eigenvalue weighted by Crippen LogP contribution is 2.63. The van der Waals surface area contributed by atoms with E-state index in [1.807, 2.05) is 0 Å². The van der Waals surface area contributed by atoms with E-state index in [-0.39, 0.29) is 11.6 Å². The second kappa shape index (κ2) is 11.5. The lowest BCUT2D eigenvalue weighted by Gasteiger charge is -2.24. The fraction of sp³-hybridized carbons (Fsp3) is 0.733. The topological polar surface area (TPSA) is 253 Å². The van der Waals surface area contributed by atoms with E-state index in [4.69, 9.17) is 14.9 Å².